The highest BCUT2D eigenvalue weighted by atomic mass is 16.3. The summed E-state index contributed by atoms with van der Waals surface area (Å²) in [6.45, 7) is 12.6. The Morgan fingerprint density at radius 1 is 1.10 bits per heavy atom. The highest BCUT2D eigenvalue weighted by Gasteiger charge is 2.59. The molecule has 0 radical (unpaired) electrons. The number of allylic oxidation sites excluding steroid dienone is 1. The van der Waals surface area contributed by atoms with E-state index >= 15 is 0 Å². The summed E-state index contributed by atoms with van der Waals surface area (Å²) in [6, 6.07) is 0. The standard InChI is InChI=1S/C27H46O.CH3NO/c1-18(2)7-6-8-19(3)23-11-12-24-22-10-9-20-17-21(28)13-15-26(20,4)25(22)14-16-27(23,24)5;2-1-3/h9,18-19,21-25,28H,6-8,10-17H2,1-5H3;1H,(H2,2,3)/t19-,21+,22+,23-,24+,25+,26+,27-;/m1./s1. The van der Waals surface area contributed by atoms with E-state index in [0.717, 1.165) is 48.3 Å². The van der Waals surface area contributed by atoms with Gasteiger partial charge >= 0.3 is 0 Å². The van der Waals surface area contributed by atoms with Gasteiger partial charge in [-0.2, -0.15) is 0 Å². The van der Waals surface area contributed by atoms with Gasteiger partial charge in [-0.1, -0.05) is 65.5 Å². The smallest absolute Gasteiger partial charge is 0.204 e. The average molecular weight is 432 g/mol. The molecule has 4 aliphatic carbocycles. The van der Waals surface area contributed by atoms with E-state index in [1.54, 1.807) is 5.57 Å². The lowest BCUT2D eigenvalue weighted by atomic mass is 9.47. The van der Waals surface area contributed by atoms with Crippen LogP contribution in [0.15, 0.2) is 11.6 Å². The number of rotatable bonds is 5. The third-order valence-corrected chi connectivity index (χ3v) is 10.3. The maximum absolute atomic E-state index is 10.2. The summed E-state index contributed by atoms with van der Waals surface area (Å²) in [5.74, 6) is 5.46. The molecule has 0 saturated heterocycles. The number of nitrogens with two attached hydrogens (primary N) is 1. The molecule has 4 rings (SSSR count). The van der Waals surface area contributed by atoms with Crippen LogP contribution in [0.2, 0.25) is 0 Å². The second kappa shape index (κ2) is 9.98. The molecule has 3 heteroatoms. The third-order valence-electron chi connectivity index (χ3n) is 10.3. The lowest BCUT2D eigenvalue weighted by Crippen LogP contribution is -2.50. The highest BCUT2D eigenvalue weighted by molar-refractivity contribution is 5.42. The number of carbonyl (C=O) groups is 1. The fraction of sp³-hybridized carbons (Fsp3) is 0.893. The van der Waals surface area contributed by atoms with Crippen molar-refractivity contribution in [3.05, 3.63) is 11.6 Å². The van der Waals surface area contributed by atoms with Gasteiger partial charge in [0.15, 0.2) is 0 Å². The summed E-state index contributed by atoms with van der Waals surface area (Å²) < 4.78 is 0. The molecule has 0 spiro atoms. The summed E-state index contributed by atoms with van der Waals surface area (Å²) in [6.07, 6.45) is 17.4. The van der Waals surface area contributed by atoms with E-state index in [1.165, 1.54) is 57.8 Å². The van der Waals surface area contributed by atoms with Crippen LogP contribution in [0.3, 0.4) is 0 Å². The molecule has 3 nitrogen and oxygen atoms in total. The van der Waals surface area contributed by atoms with Crippen LogP contribution in [0.25, 0.3) is 0 Å². The Morgan fingerprint density at radius 3 is 2.48 bits per heavy atom. The highest BCUT2D eigenvalue weighted by Crippen LogP contribution is 2.67. The lowest BCUT2D eigenvalue weighted by Gasteiger charge is -2.58. The van der Waals surface area contributed by atoms with Gasteiger partial charge in [0.05, 0.1) is 6.10 Å². The van der Waals surface area contributed by atoms with Gasteiger partial charge in [0.1, 0.15) is 0 Å². The predicted octanol–water partition coefficient (Wildman–Crippen LogP) is 6.49. The van der Waals surface area contributed by atoms with Gasteiger partial charge in [-0.25, -0.2) is 0 Å². The summed E-state index contributed by atoms with van der Waals surface area (Å²) in [5.41, 5.74) is 6.77. The molecular weight excluding hydrogens is 382 g/mol. The van der Waals surface area contributed by atoms with E-state index in [0.29, 0.717) is 10.8 Å². The molecule has 0 aromatic heterocycles. The first-order valence-electron chi connectivity index (χ1n) is 13.2. The van der Waals surface area contributed by atoms with Gasteiger partial charge in [-0.3, -0.25) is 4.79 Å². The van der Waals surface area contributed by atoms with Crippen molar-refractivity contribution in [3.63, 3.8) is 0 Å². The molecule has 0 aromatic rings. The normalized spacial score (nSPS) is 42.4. The summed E-state index contributed by atoms with van der Waals surface area (Å²) in [5, 5.41) is 10.2. The van der Waals surface area contributed by atoms with Crippen molar-refractivity contribution in [2.24, 2.45) is 52.1 Å². The second-order valence-corrected chi connectivity index (χ2v) is 12.3. The largest absolute Gasteiger partial charge is 0.393 e. The minimum Gasteiger partial charge on any atom is -0.393 e. The molecule has 31 heavy (non-hydrogen) atoms. The minimum absolute atomic E-state index is 0.0766. The number of fused-ring (bicyclic) bond motifs is 5. The van der Waals surface area contributed by atoms with E-state index in [1.807, 2.05) is 0 Å². The van der Waals surface area contributed by atoms with Crippen molar-refractivity contribution in [1.29, 1.82) is 0 Å². The molecule has 8 atom stereocenters. The van der Waals surface area contributed by atoms with Gasteiger partial charge in [0, 0.05) is 0 Å². The van der Waals surface area contributed by atoms with Crippen molar-refractivity contribution >= 4 is 6.41 Å². The first kappa shape index (κ1) is 24.8. The third kappa shape index (κ3) is 4.77. The van der Waals surface area contributed by atoms with Crippen LogP contribution in [0, 0.1) is 46.3 Å². The van der Waals surface area contributed by atoms with Crippen molar-refractivity contribution in [3.8, 4) is 0 Å². The van der Waals surface area contributed by atoms with Crippen molar-refractivity contribution in [2.75, 3.05) is 0 Å². The zero-order valence-electron chi connectivity index (χ0n) is 20.9. The van der Waals surface area contributed by atoms with E-state index < -0.39 is 0 Å². The number of carbonyl (C=O) groups excluding carboxylic acids is 1. The molecule has 4 aliphatic rings. The van der Waals surface area contributed by atoms with Crippen molar-refractivity contribution in [1.82, 2.24) is 0 Å². The summed E-state index contributed by atoms with van der Waals surface area (Å²) in [4.78, 5) is 8.58. The maximum Gasteiger partial charge on any atom is 0.204 e. The fourth-order valence-electron chi connectivity index (χ4n) is 8.67. The van der Waals surface area contributed by atoms with Crippen LogP contribution in [0.5, 0.6) is 0 Å². The first-order valence-corrected chi connectivity index (χ1v) is 13.2. The monoisotopic (exact) mass is 431 g/mol. The van der Waals surface area contributed by atoms with Gasteiger partial charge in [0.2, 0.25) is 6.41 Å². The average Bonchev–Trinajstić information content (AvgIpc) is 3.06. The zero-order chi connectivity index (χ0) is 22.8. The quantitative estimate of drug-likeness (QED) is 0.386. The first-order chi connectivity index (χ1) is 14.7. The van der Waals surface area contributed by atoms with Crippen LogP contribution >= 0.6 is 0 Å². The summed E-state index contributed by atoms with van der Waals surface area (Å²) in [7, 11) is 0. The Bertz CT molecular complexity index is 643. The molecule has 178 valence electrons. The van der Waals surface area contributed by atoms with E-state index in [9.17, 15) is 5.11 Å². The molecule has 0 aliphatic heterocycles. The number of aliphatic hydroxyl groups excluding tert-OH is 1. The van der Waals surface area contributed by atoms with E-state index in [4.69, 9.17) is 4.79 Å². The van der Waals surface area contributed by atoms with Gasteiger partial charge in [-0.05, 0) is 97.7 Å². The van der Waals surface area contributed by atoms with Crippen LogP contribution in [0.4, 0.5) is 0 Å². The Kier molecular flexibility index (Phi) is 7.98. The Balaban J connectivity index is 0.000000858. The zero-order valence-corrected chi connectivity index (χ0v) is 20.9. The molecule has 3 saturated carbocycles. The van der Waals surface area contributed by atoms with Gasteiger partial charge in [0.25, 0.3) is 0 Å². The van der Waals surface area contributed by atoms with E-state index in [-0.39, 0.29) is 12.5 Å². The Morgan fingerprint density at radius 2 is 1.81 bits per heavy atom. The summed E-state index contributed by atoms with van der Waals surface area (Å²) >= 11 is 0. The molecule has 3 N–H and O–H groups in total. The molecule has 0 heterocycles. The molecule has 0 bridgehead atoms. The van der Waals surface area contributed by atoms with Crippen LogP contribution in [0.1, 0.15) is 105 Å². The van der Waals surface area contributed by atoms with Gasteiger partial charge < -0.3 is 10.8 Å². The maximum atomic E-state index is 10.2. The SMILES string of the molecule is CC(C)CCC[C@@H](C)[C@H]1CC[C@H]2[C@@H]3CC=C4C[C@@H](O)CC[C@]4(C)[C@H]3CC[C@]12C.NC=O. The number of hydrogen-bond acceptors (Lipinski definition) is 2. The van der Waals surface area contributed by atoms with Gasteiger partial charge in [-0.15, -0.1) is 0 Å². The molecule has 0 aromatic carbocycles. The van der Waals surface area contributed by atoms with Crippen LogP contribution in [-0.2, 0) is 4.79 Å². The second-order valence-electron chi connectivity index (χ2n) is 12.3. The Labute approximate surface area is 191 Å². The number of aliphatic hydroxyl groups is 1. The van der Waals surface area contributed by atoms with Crippen LogP contribution < -0.4 is 5.73 Å². The topological polar surface area (TPSA) is 63.3 Å². The van der Waals surface area contributed by atoms with Crippen molar-refractivity contribution in [2.45, 2.75) is 111 Å². The molecule has 1 amide bonds. The lowest BCUT2D eigenvalue weighted by molar-refractivity contribution is -0.106. The van der Waals surface area contributed by atoms with Crippen molar-refractivity contribution < 1.29 is 9.90 Å². The molecule has 0 unspecified atom stereocenters. The van der Waals surface area contributed by atoms with Crippen LogP contribution in [-0.4, -0.2) is 17.6 Å². The van der Waals surface area contributed by atoms with E-state index in [2.05, 4.69) is 46.4 Å². The number of amides is 1. The molecule has 3 fully saturated rings. The fourth-order valence-corrected chi connectivity index (χ4v) is 8.67. The predicted molar refractivity (Wildman–Crippen MR) is 129 cm³/mol. The number of hydrogen-bond donors (Lipinski definition) is 2. The number of primary amides is 1. The Hall–Kier alpha value is -0.830. The minimum atomic E-state index is -0.0766. The molecular formula is C28H49NO2.